The van der Waals surface area contributed by atoms with Gasteiger partial charge in [-0.25, -0.2) is 14.4 Å². The lowest BCUT2D eigenvalue weighted by molar-refractivity contribution is -0.171. The summed E-state index contributed by atoms with van der Waals surface area (Å²) in [6.07, 6.45) is -1.99. The summed E-state index contributed by atoms with van der Waals surface area (Å²) in [7, 11) is 0. The van der Waals surface area contributed by atoms with Gasteiger partial charge in [0, 0.05) is 5.57 Å². The Balaban J connectivity index is 2.23. The highest BCUT2D eigenvalue weighted by Gasteiger charge is 2.28. The van der Waals surface area contributed by atoms with Crippen LogP contribution in [0.5, 0.6) is 0 Å². The SMILES string of the molecule is C=C(C)C(=O)OCC(=O)OC1COC(=O)O1. The Kier molecular flexibility index (Phi) is 3.87. The quantitative estimate of drug-likeness (QED) is 0.385. The van der Waals surface area contributed by atoms with Crippen molar-refractivity contribution in [2.75, 3.05) is 13.2 Å². The van der Waals surface area contributed by atoms with Crippen molar-refractivity contribution in [2.24, 2.45) is 0 Å². The van der Waals surface area contributed by atoms with Gasteiger partial charge in [-0.3, -0.25) is 0 Å². The summed E-state index contributed by atoms with van der Waals surface area (Å²) in [6, 6.07) is 0. The summed E-state index contributed by atoms with van der Waals surface area (Å²) in [5.74, 6) is -1.53. The van der Waals surface area contributed by atoms with Gasteiger partial charge in [0.25, 0.3) is 6.29 Å². The van der Waals surface area contributed by atoms with Gasteiger partial charge in [0.05, 0.1) is 0 Å². The van der Waals surface area contributed by atoms with Crippen molar-refractivity contribution >= 4 is 18.1 Å². The molecule has 1 unspecified atom stereocenters. The Labute approximate surface area is 90.9 Å². The molecule has 1 heterocycles. The number of hydrogen-bond donors (Lipinski definition) is 0. The van der Waals surface area contributed by atoms with Gasteiger partial charge in [-0.1, -0.05) is 6.58 Å². The zero-order valence-electron chi connectivity index (χ0n) is 8.56. The molecule has 0 spiro atoms. The summed E-state index contributed by atoms with van der Waals surface area (Å²) in [4.78, 5) is 32.4. The van der Waals surface area contributed by atoms with Crippen LogP contribution < -0.4 is 0 Å². The van der Waals surface area contributed by atoms with E-state index in [1.54, 1.807) is 0 Å². The van der Waals surface area contributed by atoms with Gasteiger partial charge >= 0.3 is 18.1 Å². The van der Waals surface area contributed by atoms with Crippen molar-refractivity contribution in [3.05, 3.63) is 12.2 Å². The van der Waals surface area contributed by atoms with Gasteiger partial charge in [0.15, 0.2) is 13.2 Å². The van der Waals surface area contributed by atoms with E-state index in [4.69, 9.17) is 0 Å². The molecule has 0 aliphatic carbocycles. The van der Waals surface area contributed by atoms with Gasteiger partial charge in [-0.05, 0) is 6.92 Å². The van der Waals surface area contributed by atoms with Crippen LogP contribution in [0.4, 0.5) is 4.79 Å². The van der Waals surface area contributed by atoms with Crippen LogP contribution in [0.25, 0.3) is 0 Å². The summed E-state index contributed by atoms with van der Waals surface area (Å²) < 4.78 is 17.9. The Hall–Kier alpha value is -2.05. The standard InChI is InChI=1S/C9H10O7/c1-5(2)8(11)13-3-6(10)15-7-4-14-9(12)16-7/h7H,1,3-4H2,2H3. The molecule has 16 heavy (non-hydrogen) atoms. The fourth-order valence-corrected chi connectivity index (χ4v) is 0.798. The second-order valence-corrected chi connectivity index (χ2v) is 2.95. The first kappa shape index (κ1) is 12.0. The minimum atomic E-state index is -1.08. The summed E-state index contributed by atoms with van der Waals surface area (Å²) in [6.45, 7) is 4.04. The Morgan fingerprint density at radius 1 is 1.56 bits per heavy atom. The lowest BCUT2D eigenvalue weighted by atomic mass is 10.4. The Morgan fingerprint density at radius 3 is 2.75 bits per heavy atom. The third kappa shape index (κ3) is 3.60. The molecule has 88 valence electrons. The average Bonchev–Trinajstić information content (AvgIpc) is 2.60. The monoisotopic (exact) mass is 230 g/mol. The molecule has 0 radical (unpaired) electrons. The van der Waals surface area contributed by atoms with E-state index in [1.165, 1.54) is 6.92 Å². The van der Waals surface area contributed by atoms with E-state index in [0.717, 1.165) is 0 Å². The second kappa shape index (κ2) is 5.15. The molecule has 0 N–H and O–H groups in total. The van der Waals surface area contributed by atoms with E-state index in [0.29, 0.717) is 0 Å². The largest absolute Gasteiger partial charge is 0.511 e. The Morgan fingerprint density at radius 2 is 2.25 bits per heavy atom. The molecule has 0 amide bonds. The van der Waals surface area contributed by atoms with Crippen LogP contribution in [0.3, 0.4) is 0 Å². The molecule has 1 atom stereocenters. The van der Waals surface area contributed by atoms with Crippen LogP contribution in [0.15, 0.2) is 12.2 Å². The highest BCUT2D eigenvalue weighted by atomic mass is 16.8. The molecule has 1 aliphatic heterocycles. The van der Waals surface area contributed by atoms with Crippen LogP contribution in [0, 0.1) is 0 Å². The summed E-state index contributed by atoms with van der Waals surface area (Å²) >= 11 is 0. The molecule has 1 fully saturated rings. The number of rotatable bonds is 4. The molecule has 0 aromatic heterocycles. The van der Waals surface area contributed by atoms with Gasteiger partial charge in [-0.2, -0.15) is 0 Å². The first-order valence-corrected chi connectivity index (χ1v) is 4.34. The molecule has 7 nitrogen and oxygen atoms in total. The van der Waals surface area contributed by atoms with Crippen molar-refractivity contribution in [2.45, 2.75) is 13.2 Å². The van der Waals surface area contributed by atoms with Crippen LogP contribution in [0.1, 0.15) is 6.92 Å². The molecule has 1 rings (SSSR count). The highest BCUT2D eigenvalue weighted by Crippen LogP contribution is 2.07. The fraction of sp³-hybridized carbons (Fsp3) is 0.444. The normalized spacial score (nSPS) is 18.3. The third-order valence-corrected chi connectivity index (χ3v) is 1.50. The maximum absolute atomic E-state index is 11.1. The van der Waals surface area contributed by atoms with E-state index in [-0.39, 0.29) is 12.2 Å². The van der Waals surface area contributed by atoms with Gasteiger partial charge < -0.3 is 18.9 Å². The number of esters is 2. The summed E-state index contributed by atoms with van der Waals surface area (Å²) in [5, 5.41) is 0. The van der Waals surface area contributed by atoms with E-state index in [2.05, 4.69) is 25.5 Å². The van der Waals surface area contributed by atoms with Crippen LogP contribution in [-0.4, -0.2) is 37.6 Å². The molecule has 0 aromatic rings. The lowest BCUT2D eigenvalue weighted by Gasteiger charge is -2.08. The predicted octanol–water partition coefficient (Wildman–Crippen LogP) is 0.142. The molecule has 1 saturated heterocycles. The topological polar surface area (TPSA) is 88.1 Å². The third-order valence-electron chi connectivity index (χ3n) is 1.50. The Bertz CT molecular complexity index is 333. The molecule has 7 heteroatoms. The minimum absolute atomic E-state index is 0.168. The van der Waals surface area contributed by atoms with Crippen LogP contribution >= 0.6 is 0 Å². The molecular formula is C9H10O7. The maximum atomic E-state index is 11.1. The van der Waals surface area contributed by atoms with E-state index >= 15 is 0 Å². The number of carbonyl (C=O) groups is 3. The van der Waals surface area contributed by atoms with E-state index in [9.17, 15) is 14.4 Å². The van der Waals surface area contributed by atoms with Crippen molar-refractivity contribution in [3.63, 3.8) is 0 Å². The molecular weight excluding hydrogens is 220 g/mol. The number of hydrogen-bond acceptors (Lipinski definition) is 7. The van der Waals surface area contributed by atoms with Crippen LogP contribution in [-0.2, 0) is 28.5 Å². The fourth-order valence-electron chi connectivity index (χ4n) is 0.798. The number of cyclic esters (lactones) is 2. The van der Waals surface area contributed by atoms with Crippen molar-refractivity contribution in [3.8, 4) is 0 Å². The minimum Gasteiger partial charge on any atom is -0.450 e. The smallest absolute Gasteiger partial charge is 0.450 e. The molecule has 0 bridgehead atoms. The predicted molar refractivity (Wildman–Crippen MR) is 48.1 cm³/mol. The maximum Gasteiger partial charge on any atom is 0.511 e. The van der Waals surface area contributed by atoms with Gasteiger partial charge in [0.1, 0.15) is 0 Å². The van der Waals surface area contributed by atoms with Gasteiger partial charge in [0.2, 0.25) is 0 Å². The lowest BCUT2D eigenvalue weighted by Crippen LogP contribution is -2.24. The van der Waals surface area contributed by atoms with Crippen molar-refractivity contribution < 1.29 is 33.3 Å². The summed E-state index contributed by atoms with van der Waals surface area (Å²) in [5.41, 5.74) is 0.170. The van der Waals surface area contributed by atoms with E-state index in [1.807, 2.05) is 0 Å². The highest BCUT2D eigenvalue weighted by molar-refractivity contribution is 5.88. The van der Waals surface area contributed by atoms with Gasteiger partial charge in [-0.15, -0.1) is 0 Å². The first-order chi connectivity index (χ1) is 7.49. The molecule has 0 aromatic carbocycles. The number of ether oxygens (including phenoxy) is 4. The number of carbonyl (C=O) groups excluding carboxylic acids is 3. The second-order valence-electron chi connectivity index (χ2n) is 2.95. The molecule has 0 saturated carbocycles. The average molecular weight is 230 g/mol. The zero-order chi connectivity index (χ0) is 12.1. The van der Waals surface area contributed by atoms with Crippen molar-refractivity contribution in [1.82, 2.24) is 0 Å². The first-order valence-electron chi connectivity index (χ1n) is 4.34. The molecule has 1 aliphatic rings. The van der Waals surface area contributed by atoms with Crippen molar-refractivity contribution in [1.29, 1.82) is 0 Å². The zero-order valence-corrected chi connectivity index (χ0v) is 8.56. The van der Waals surface area contributed by atoms with Crippen LogP contribution in [0.2, 0.25) is 0 Å². The van der Waals surface area contributed by atoms with E-state index < -0.39 is 31.0 Å².